The molecule has 0 aromatic heterocycles. The van der Waals surface area contributed by atoms with Gasteiger partial charge in [-0.05, 0) is 49.2 Å². The third kappa shape index (κ3) is 6.55. The number of benzene rings is 2. The van der Waals surface area contributed by atoms with E-state index in [1.54, 1.807) is 24.3 Å². The molecule has 30 heavy (non-hydrogen) atoms. The molecule has 0 spiro atoms. The third-order valence-electron chi connectivity index (χ3n) is 4.46. The molecule has 2 N–H and O–H groups in total. The first-order valence-electron chi connectivity index (χ1n) is 9.54. The maximum absolute atomic E-state index is 13.3. The molecular weight excluding hydrogens is 426 g/mol. The van der Waals surface area contributed by atoms with Crippen LogP contribution < -0.4 is 10.6 Å². The van der Waals surface area contributed by atoms with Crippen LogP contribution in [-0.2, 0) is 26.2 Å². The molecule has 1 atom stereocenters. The highest BCUT2D eigenvalue weighted by atomic mass is 35.5. The maximum Gasteiger partial charge on any atom is 0.243 e. The van der Waals surface area contributed by atoms with Crippen molar-refractivity contribution >= 4 is 39.1 Å². The van der Waals surface area contributed by atoms with Crippen molar-refractivity contribution in [2.75, 3.05) is 11.9 Å². The molecule has 2 amide bonds. The van der Waals surface area contributed by atoms with Gasteiger partial charge in [0.05, 0.1) is 11.4 Å². The average Bonchev–Trinajstić information content (AvgIpc) is 2.68. The highest BCUT2D eigenvalue weighted by molar-refractivity contribution is 7.89. The van der Waals surface area contributed by atoms with Crippen molar-refractivity contribution in [2.24, 2.45) is 0 Å². The van der Waals surface area contributed by atoms with Gasteiger partial charge in [0.1, 0.15) is 0 Å². The smallest absolute Gasteiger partial charge is 0.243 e. The Hall–Kier alpha value is -2.42. The predicted molar refractivity (Wildman–Crippen MR) is 118 cm³/mol. The molecule has 0 saturated heterocycles. The van der Waals surface area contributed by atoms with E-state index >= 15 is 0 Å². The Morgan fingerprint density at radius 2 is 1.73 bits per heavy atom. The van der Waals surface area contributed by atoms with Crippen LogP contribution >= 0.6 is 11.6 Å². The lowest BCUT2D eigenvalue weighted by Gasteiger charge is -2.23. The van der Waals surface area contributed by atoms with E-state index in [-0.39, 0.29) is 29.9 Å². The van der Waals surface area contributed by atoms with Crippen molar-refractivity contribution in [3.8, 4) is 0 Å². The molecule has 0 aliphatic heterocycles. The van der Waals surface area contributed by atoms with E-state index in [4.69, 9.17) is 11.6 Å². The Balaban J connectivity index is 2.34. The van der Waals surface area contributed by atoms with Gasteiger partial charge in [0, 0.05) is 30.2 Å². The number of hydrogen-bond donors (Lipinski definition) is 2. The molecule has 0 aliphatic carbocycles. The lowest BCUT2D eigenvalue weighted by molar-refractivity contribution is -0.122. The number of halogens is 1. The van der Waals surface area contributed by atoms with E-state index in [0.29, 0.717) is 16.3 Å². The summed E-state index contributed by atoms with van der Waals surface area (Å²) in [6.45, 7) is 4.76. The molecule has 7 nitrogen and oxygen atoms in total. The van der Waals surface area contributed by atoms with Crippen molar-refractivity contribution < 1.29 is 18.0 Å². The second-order valence-corrected chi connectivity index (χ2v) is 9.29. The van der Waals surface area contributed by atoms with Gasteiger partial charge in [-0.15, -0.1) is 0 Å². The van der Waals surface area contributed by atoms with Crippen LogP contribution in [0.5, 0.6) is 0 Å². The number of sulfonamides is 1. The quantitative estimate of drug-likeness (QED) is 0.610. The SMILES string of the molecule is CCC(C)NC(=O)CN(Cc1ccccc1Cl)S(=O)(=O)c1ccc(NC(C)=O)cc1. The molecule has 0 aliphatic rings. The maximum atomic E-state index is 13.3. The molecule has 0 fully saturated rings. The summed E-state index contributed by atoms with van der Waals surface area (Å²) in [7, 11) is -4.00. The summed E-state index contributed by atoms with van der Waals surface area (Å²) in [5.74, 6) is -0.650. The van der Waals surface area contributed by atoms with Crippen LogP contribution in [-0.4, -0.2) is 37.1 Å². The Kier molecular flexibility index (Phi) is 8.40. The van der Waals surface area contributed by atoms with Crippen molar-refractivity contribution in [3.05, 3.63) is 59.1 Å². The van der Waals surface area contributed by atoms with Crippen LogP contribution in [0.4, 0.5) is 5.69 Å². The van der Waals surface area contributed by atoms with Crippen LogP contribution in [0, 0.1) is 0 Å². The summed E-state index contributed by atoms with van der Waals surface area (Å²) in [5, 5.41) is 5.80. The largest absolute Gasteiger partial charge is 0.353 e. The summed E-state index contributed by atoms with van der Waals surface area (Å²) in [6, 6.07) is 12.6. The fourth-order valence-corrected chi connectivity index (χ4v) is 4.26. The van der Waals surface area contributed by atoms with E-state index in [1.807, 2.05) is 13.8 Å². The lowest BCUT2D eigenvalue weighted by atomic mass is 10.2. The van der Waals surface area contributed by atoms with Gasteiger partial charge in [-0.25, -0.2) is 8.42 Å². The molecule has 0 bridgehead atoms. The Bertz CT molecular complexity index is 994. The third-order valence-corrected chi connectivity index (χ3v) is 6.63. The van der Waals surface area contributed by atoms with Crippen LogP contribution in [0.3, 0.4) is 0 Å². The normalized spacial score (nSPS) is 12.4. The minimum Gasteiger partial charge on any atom is -0.353 e. The van der Waals surface area contributed by atoms with Gasteiger partial charge < -0.3 is 10.6 Å². The fourth-order valence-electron chi connectivity index (χ4n) is 2.69. The number of hydrogen-bond acceptors (Lipinski definition) is 4. The van der Waals surface area contributed by atoms with Gasteiger partial charge >= 0.3 is 0 Å². The second kappa shape index (κ2) is 10.6. The number of carbonyl (C=O) groups excluding carboxylic acids is 2. The number of rotatable bonds is 9. The second-order valence-electron chi connectivity index (χ2n) is 6.95. The average molecular weight is 452 g/mol. The summed E-state index contributed by atoms with van der Waals surface area (Å²) in [6.07, 6.45) is 0.730. The molecule has 9 heteroatoms. The minimum absolute atomic E-state index is 0.0139. The van der Waals surface area contributed by atoms with E-state index in [2.05, 4.69) is 10.6 Å². The van der Waals surface area contributed by atoms with Crippen LogP contribution in [0.25, 0.3) is 0 Å². The van der Waals surface area contributed by atoms with Crippen LogP contribution in [0.15, 0.2) is 53.4 Å². The molecule has 2 aromatic rings. The summed E-state index contributed by atoms with van der Waals surface area (Å²) >= 11 is 6.21. The Labute approximate surface area is 182 Å². The van der Waals surface area contributed by atoms with Crippen molar-refractivity contribution in [2.45, 2.75) is 44.7 Å². The number of nitrogens with zero attached hydrogens (tertiary/aromatic N) is 1. The molecule has 2 rings (SSSR count). The molecule has 162 valence electrons. The van der Waals surface area contributed by atoms with Gasteiger partial charge in [0.25, 0.3) is 0 Å². The van der Waals surface area contributed by atoms with E-state index in [9.17, 15) is 18.0 Å². The molecular formula is C21H26ClN3O4S. The first-order valence-corrected chi connectivity index (χ1v) is 11.4. The van der Waals surface area contributed by atoms with Crippen LogP contribution in [0.1, 0.15) is 32.8 Å². The number of amides is 2. The van der Waals surface area contributed by atoms with Crippen molar-refractivity contribution in [3.63, 3.8) is 0 Å². The number of nitrogens with one attached hydrogen (secondary N) is 2. The predicted octanol–water partition coefficient (Wildman–Crippen LogP) is 3.40. The molecule has 0 heterocycles. The standard InChI is InChI=1S/C21H26ClN3O4S/c1-4-15(2)23-21(27)14-25(13-17-7-5-6-8-20(17)22)30(28,29)19-11-9-18(10-12-19)24-16(3)26/h5-12,15H,4,13-14H2,1-3H3,(H,23,27)(H,24,26). The molecule has 2 aromatic carbocycles. The molecule has 1 unspecified atom stereocenters. The number of carbonyl (C=O) groups is 2. The highest BCUT2D eigenvalue weighted by Crippen LogP contribution is 2.23. The zero-order chi connectivity index (χ0) is 22.3. The van der Waals surface area contributed by atoms with Gasteiger partial charge in [0.15, 0.2) is 0 Å². The Morgan fingerprint density at radius 1 is 1.10 bits per heavy atom. The van der Waals surface area contributed by atoms with E-state index < -0.39 is 15.9 Å². The highest BCUT2D eigenvalue weighted by Gasteiger charge is 2.28. The molecule has 0 saturated carbocycles. The topological polar surface area (TPSA) is 95.6 Å². The Morgan fingerprint density at radius 3 is 2.30 bits per heavy atom. The first kappa shape index (κ1) is 23.9. The van der Waals surface area contributed by atoms with E-state index in [1.165, 1.54) is 31.2 Å². The monoisotopic (exact) mass is 451 g/mol. The minimum atomic E-state index is -4.00. The van der Waals surface area contributed by atoms with Gasteiger partial charge in [-0.2, -0.15) is 4.31 Å². The summed E-state index contributed by atoms with van der Waals surface area (Å²) < 4.78 is 27.7. The van der Waals surface area contributed by atoms with Crippen molar-refractivity contribution in [1.82, 2.24) is 9.62 Å². The van der Waals surface area contributed by atoms with Crippen LogP contribution in [0.2, 0.25) is 5.02 Å². The van der Waals surface area contributed by atoms with Gasteiger partial charge in [0.2, 0.25) is 21.8 Å². The van der Waals surface area contributed by atoms with E-state index in [0.717, 1.165) is 10.7 Å². The van der Waals surface area contributed by atoms with Gasteiger partial charge in [-0.1, -0.05) is 36.7 Å². The fraction of sp³-hybridized carbons (Fsp3) is 0.333. The van der Waals surface area contributed by atoms with Gasteiger partial charge in [-0.3, -0.25) is 9.59 Å². The number of anilines is 1. The molecule has 0 radical (unpaired) electrons. The summed E-state index contributed by atoms with van der Waals surface area (Å²) in [4.78, 5) is 23.6. The zero-order valence-electron chi connectivity index (χ0n) is 17.2. The summed E-state index contributed by atoms with van der Waals surface area (Å²) in [5.41, 5.74) is 1.07. The lowest BCUT2D eigenvalue weighted by Crippen LogP contribution is -2.43. The zero-order valence-corrected chi connectivity index (χ0v) is 18.8. The van der Waals surface area contributed by atoms with Crippen molar-refractivity contribution in [1.29, 1.82) is 0 Å². The first-order chi connectivity index (χ1) is 14.1.